The van der Waals surface area contributed by atoms with Crippen LogP contribution in [0.5, 0.6) is 0 Å². The van der Waals surface area contributed by atoms with Crippen molar-refractivity contribution in [2.45, 2.75) is 26.7 Å². The summed E-state index contributed by atoms with van der Waals surface area (Å²) in [5.74, 6) is 0.594. The summed E-state index contributed by atoms with van der Waals surface area (Å²) >= 11 is 0. The van der Waals surface area contributed by atoms with Gasteiger partial charge in [0.1, 0.15) is 0 Å². The molecule has 0 saturated heterocycles. The SMILES string of the molecule is CNCCN(C)c1cc(C)cc(C(C)C)c1. The van der Waals surface area contributed by atoms with E-state index >= 15 is 0 Å². The summed E-state index contributed by atoms with van der Waals surface area (Å²) in [6.45, 7) is 8.71. The molecule has 0 unspecified atom stereocenters. The van der Waals surface area contributed by atoms with Crippen molar-refractivity contribution in [2.24, 2.45) is 0 Å². The van der Waals surface area contributed by atoms with Gasteiger partial charge in [-0.05, 0) is 43.1 Å². The Balaban J connectivity index is 2.86. The second-order valence-electron chi connectivity index (χ2n) is 4.78. The van der Waals surface area contributed by atoms with Gasteiger partial charge in [-0.25, -0.2) is 0 Å². The van der Waals surface area contributed by atoms with Gasteiger partial charge in [-0.2, -0.15) is 0 Å². The van der Waals surface area contributed by atoms with Crippen LogP contribution in [0.4, 0.5) is 5.69 Å². The first-order chi connectivity index (χ1) is 7.54. The molecule has 1 N–H and O–H groups in total. The smallest absolute Gasteiger partial charge is 0.0369 e. The number of rotatable bonds is 5. The monoisotopic (exact) mass is 220 g/mol. The minimum absolute atomic E-state index is 0.594. The first kappa shape index (κ1) is 13.0. The fourth-order valence-electron chi connectivity index (χ4n) is 1.75. The largest absolute Gasteiger partial charge is 0.373 e. The first-order valence-corrected chi connectivity index (χ1v) is 6.02. The van der Waals surface area contributed by atoms with Gasteiger partial charge >= 0.3 is 0 Å². The predicted molar refractivity (Wildman–Crippen MR) is 72.5 cm³/mol. The zero-order valence-electron chi connectivity index (χ0n) is 11.2. The lowest BCUT2D eigenvalue weighted by Crippen LogP contribution is -2.27. The average Bonchev–Trinajstić information content (AvgIpc) is 2.24. The topological polar surface area (TPSA) is 15.3 Å². The molecule has 2 heteroatoms. The average molecular weight is 220 g/mol. The molecule has 0 spiro atoms. The molecule has 0 aliphatic heterocycles. The molecule has 0 saturated carbocycles. The minimum Gasteiger partial charge on any atom is -0.373 e. The van der Waals surface area contributed by atoms with Gasteiger partial charge < -0.3 is 10.2 Å². The Hall–Kier alpha value is -1.02. The lowest BCUT2D eigenvalue weighted by atomic mass is 10.00. The number of hydrogen-bond donors (Lipinski definition) is 1. The highest BCUT2D eigenvalue weighted by Gasteiger charge is 2.05. The van der Waals surface area contributed by atoms with Gasteiger partial charge in [-0.15, -0.1) is 0 Å². The summed E-state index contributed by atoms with van der Waals surface area (Å²) < 4.78 is 0. The van der Waals surface area contributed by atoms with Gasteiger partial charge in [0.25, 0.3) is 0 Å². The van der Waals surface area contributed by atoms with Crippen molar-refractivity contribution in [3.05, 3.63) is 29.3 Å². The van der Waals surface area contributed by atoms with Crippen molar-refractivity contribution in [3.8, 4) is 0 Å². The highest BCUT2D eigenvalue weighted by molar-refractivity contribution is 5.51. The third-order valence-corrected chi connectivity index (χ3v) is 2.89. The van der Waals surface area contributed by atoms with Crippen LogP contribution in [0.2, 0.25) is 0 Å². The van der Waals surface area contributed by atoms with Gasteiger partial charge in [0.05, 0.1) is 0 Å². The van der Waals surface area contributed by atoms with Crippen molar-refractivity contribution >= 4 is 5.69 Å². The van der Waals surface area contributed by atoms with E-state index in [-0.39, 0.29) is 0 Å². The Morgan fingerprint density at radius 2 is 1.94 bits per heavy atom. The Morgan fingerprint density at radius 3 is 2.50 bits per heavy atom. The normalized spacial score (nSPS) is 10.9. The summed E-state index contributed by atoms with van der Waals surface area (Å²) in [5.41, 5.74) is 4.09. The van der Waals surface area contributed by atoms with Crippen molar-refractivity contribution in [3.63, 3.8) is 0 Å². The van der Waals surface area contributed by atoms with Crippen LogP contribution < -0.4 is 10.2 Å². The second kappa shape index (κ2) is 5.90. The van der Waals surface area contributed by atoms with Gasteiger partial charge in [-0.1, -0.05) is 19.9 Å². The number of nitrogens with one attached hydrogen (secondary N) is 1. The summed E-state index contributed by atoms with van der Waals surface area (Å²) in [6, 6.07) is 6.83. The summed E-state index contributed by atoms with van der Waals surface area (Å²) in [5, 5.41) is 3.18. The van der Waals surface area contributed by atoms with Gasteiger partial charge in [-0.3, -0.25) is 0 Å². The molecule has 0 atom stereocenters. The van der Waals surface area contributed by atoms with Crippen LogP contribution in [0, 0.1) is 6.92 Å². The number of likely N-dealkylation sites (N-methyl/N-ethyl adjacent to an activating group) is 2. The van der Waals surface area contributed by atoms with Crippen molar-refractivity contribution < 1.29 is 0 Å². The van der Waals surface area contributed by atoms with E-state index in [4.69, 9.17) is 0 Å². The maximum absolute atomic E-state index is 3.18. The third kappa shape index (κ3) is 3.53. The zero-order valence-corrected chi connectivity index (χ0v) is 11.2. The molecule has 1 aromatic carbocycles. The van der Waals surface area contributed by atoms with E-state index in [1.54, 1.807) is 0 Å². The fraction of sp³-hybridized carbons (Fsp3) is 0.571. The molecule has 2 nitrogen and oxygen atoms in total. The molecular weight excluding hydrogens is 196 g/mol. The first-order valence-electron chi connectivity index (χ1n) is 6.02. The summed E-state index contributed by atoms with van der Waals surface area (Å²) in [6.07, 6.45) is 0. The van der Waals surface area contributed by atoms with Crippen molar-refractivity contribution in [1.82, 2.24) is 5.32 Å². The second-order valence-corrected chi connectivity index (χ2v) is 4.78. The fourth-order valence-corrected chi connectivity index (χ4v) is 1.75. The quantitative estimate of drug-likeness (QED) is 0.821. The van der Waals surface area contributed by atoms with Gasteiger partial charge in [0, 0.05) is 25.8 Å². The molecule has 0 heterocycles. The maximum Gasteiger partial charge on any atom is 0.0369 e. The predicted octanol–water partition coefficient (Wildman–Crippen LogP) is 2.77. The molecule has 0 radical (unpaired) electrons. The minimum atomic E-state index is 0.594. The van der Waals surface area contributed by atoms with Crippen LogP contribution in [0.25, 0.3) is 0 Å². The Morgan fingerprint density at radius 1 is 1.25 bits per heavy atom. The molecule has 16 heavy (non-hydrogen) atoms. The Bertz CT molecular complexity index is 332. The number of benzene rings is 1. The molecule has 0 fully saturated rings. The van der Waals surface area contributed by atoms with E-state index in [9.17, 15) is 0 Å². The molecule has 0 aliphatic rings. The van der Waals surface area contributed by atoms with Crippen LogP contribution in [0.15, 0.2) is 18.2 Å². The number of nitrogens with zero attached hydrogens (tertiary/aromatic N) is 1. The van der Waals surface area contributed by atoms with Crippen molar-refractivity contribution in [2.75, 3.05) is 32.1 Å². The highest BCUT2D eigenvalue weighted by Crippen LogP contribution is 2.23. The highest BCUT2D eigenvalue weighted by atomic mass is 15.1. The van der Waals surface area contributed by atoms with E-state index in [0.717, 1.165) is 13.1 Å². The zero-order chi connectivity index (χ0) is 12.1. The molecule has 90 valence electrons. The van der Waals surface area contributed by atoms with E-state index in [0.29, 0.717) is 5.92 Å². The number of hydrogen-bond acceptors (Lipinski definition) is 2. The molecule has 0 aromatic heterocycles. The van der Waals surface area contributed by atoms with E-state index < -0.39 is 0 Å². The lowest BCUT2D eigenvalue weighted by molar-refractivity contribution is 0.766. The van der Waals surface area contributed by atoms with Crippen LogP contribution in [0.3, 0.4) is 0 Å². The third-order valence-electron chi connectivity index (χ3n) is 2.89. The molecule has 1 aromatic rings. The molecular formula is C14H24N2. The standard InChI is InChI=1S/C14H24N2/c1-11(2)13-8-12(3)9-14(10-13)16(5)7-6-15-4/h8-11,15H,6-7H2,1-5H3. The van der Waals surface area contributed by atoms with Crippen LogP contribution in [-0.2, 0) is 0 Å². The van der Waals surface area contributed by atoms with Crippen LogP contribution >= 0.6 is 0 Å². The molecule has 0 amide bonds. The number of anilines is 1. The summed E-state index contributed by atoms with van der Waals surface area (Å²) in [4.78, 5) is 2.30. The van der Waals surface area contributed by atoms with Crippen LogP contribution in [-0.4, -0.2) is 27.2 Å². The summed E-state index contributed by atoms with van der Waals surface area (Å²) in [7, 11) is 4.14. The van der Waals surface area contributed by atoms with E-state index in [1.165, 1.54) is 16.8 Å². The van der Waals surface area contributed by atoms with Crippen LogP contribution in [0.1, 0.15) is 30.9 Å². The van der Waals surface area contributed by atoms with Crippen molar-refractivity contribution in [1.29, 1.82) is 0 Å². The van der Waals surface area contributed by atoms with Gasteiger partial charge in [0.15, 0.2) is 0 Å². The molecule has 0 bridgehead atoms. The Labute approximate surface area is 99.7 Å². The Kier molecular flexibility index (Phi) is 4.81. The maximum atomic E-state index is 3.18. The molecule has 1 rings (SSSR count). The van der Waals surface area contributed by atoms with Gasteiger partial charge in [0.2, 0.25) is 0 Å². The molecule has 0 aliphatic carbocycles. The van der Waals surface area contributed by atoms with E-state index in [1.807, 2.05) is 7.05 Å². The lowest BCUT2D eigenvalue weighted by Gasteiger charge is -2.21. The van der Waals surface area contributed by atoms with E-state index in [2.05, 4.69) is 56.2 Å². The number of aryl methyl sites for hydroxylation is 1.